The highest BCUT2D eigenvalue weighted by atomic mass is 16.5. The first-order chi connectivity index (χ1) is 10.8. The Morgan fingerprint density at radius 2 is 1.52 bits per heavy atom. The summed E-state index contributed by atoms with van der Waals surface area (Å²) >= 11 is 0. The van der Waals surface area contributed by atoms with E-state index in [1.807, 2.05) is 0 Å². The maximum atomic E-state index is 11.0. The highest BCUT2D eigenvalue weighted by Crippen LogP contribution is 2.46. The molecular weight excluding hydrogens is 284 g/mol. The lowest BCUT2D eigenvalue weighted by Gasteiger charge is -2.59. The van der Waals surface area contributed by atoms with Crippen molar-refractivity contribution in [1.82, 2.24) is 9.96 Å². The minimum absolute atomic E-state index is 0.112. The first-order valence-electron chi connectivity index (χ1n) is 10.0. The maximum absolute atomic E-state index is 11.0. The quantitative estimate of drug-likeness (QED) is 0.620. The molecule has 0 aromatic rings. The number of hydroxylamine groups is 2. The van der Waals surface area contributed by atoms with Crippen LogP contribution in [0.5, 0.6) is 0 Å². The van der Waals surface area contributed by atoms with Gasteiger partial charge in [0.25, 0.3) is 0 Å². The van der Waals surface area contributed by atoms with Crippen molar-refractivity contribution in [3.8, 4) is 0 Å². The third-order valence-corrected chi connectivity index (χ3v) is 6.75. The van der Waals surface area contributed by atoms with E-state index in [-0.39, 0.29) is 11.1 Å². The van der Waals surface area contributed by atoms with Crippen LogP contribution in [0.15, 0.2) is 0 Å². The first-order valence-corrected chi connectivity index (χ1v) is 10.0. The third-order valence-electron chi connectivity index (χ3n) is 6.75. The fourth-order valence-corrected chi connectivity index (χ4v) is 4.31. The van der Waals surface area contributed by atoms with E-state index < -0.39 is 0 Å². The second-order valence-corrected chi connectivity index (χ2v) is 8.18. The summed E-state index contributed by atoms with van der Waals surface area (Å²) in [5.74, 6) is 0.478. The van der Waals surface area contributed by atoms with Crippen LogP contribution in [0.25, 0.3) is 0 Å². The summed E-state index contributed by atoms with van der Waals surface area (Å²) in [6.45, 7) is 18.3. The molecule has 23 heavy (non-hydrogen) atoms. The Hall–Kier alpha value is -0.120. The molecule has 1 rings (SSSR count). The normalized spacial score (nSPS) is 35.9. The lowest BCUT2D eigenvalue weighted by Crippen LogP contribution is -2.69. The minimum Gasteiger partial charge on any atom is -0.313 e. The van der Waals surface area contributed by atoms with Crippen LogP contribution in [0, 0.1) is 5.92 Å². The summed E-state index contributed by atoms with van der Waals surface area (Å²) in [5.41, 5.74) is -0.247. The Labute approximate surface area is 145 Å². The summed E-state index contributed by atoms with van der Waals surface area (Å²) < 4.78 is 0. The molecule has 0 aliphatic carbocycles. The van der Waals surface area contributed by atoms with Crippen molar-refractivity contribution in [2.75, 3.05) is 13.1 Å². The van der Waals surface area contributed by atoms with E-state index in [2.05, 4.69) is 53.4 Å². The average molecular weight is 327 g/mol. The summed E-state index contributed by atoms with van der Waals surface area (Å²) in [6.07, 6.45) is 8.13. The van der Waals surface area contributed by atoms with E-state index in [1.54, 1.807) is 5.06 Å². The van der Waals surface area contributed by atoms with Gasteiger partial charge in [-0.25, -0.2) is 0 Å². The van der Waals surface area contributed by atoms with Gasteiger partial charge in [-0.3, -0.25) is 4.90 Å². The van der Waals surface area contributed by atoms with Crippen LogP contribution in [0.2, 0.25) is 0 Å². The lowest BCUT2D eigenvalue weighted by atomic mass is 9.68. The van der Waals surface area contributed by atoms with Crippen LogP contribution in [-0.2, 0) is 0 Å². The molecular formula is C20H42N2O. The predicted octanol–water partition coefficient (Wildman–Crippen LogP) is 5.33. The maximum Gasteiger partial charge on any atom is 0.0476 e. The van der Waals surface area contributed by atoms with Crippen LogP contribution in [-0.4, -0.2) is 45.4 Å². The molecule has 4 unspecified atom stereocenters. The fourth-order valence-electron chi connectivity index (χ4n) is 4.31. The van der Waals surface area contributed by atoms with Crippen LogP contribution in [0.4, 0.5) is 0 Å². The Morgan fingerprint density at radius 1 is 1.00 bits per heavy atom. The van der Waals surface area contributed by atoms with Crippen molar-refractivity contribution < 1.29 is 5.21 Å². The first kappa shape index (κ1) is 20.9. The molecule has 1 heterocycles. The SMILES string of the molecule is CCCCN(CCCC)C1CC(C)(CC)N(O)C(C)(CC)C1C. The summed E-state index contributed by atoms with van der Waals surface area (Å²) in [4.78, 5) is 2.74. The predicted molar refractivity (Wildman–Crippen MR) is 100.0 cm³/mol. The Balaban J connectivity index is 3.09. The number of unbranched alkanes of at least 4 members (excludes halogenated alkanes) is 2. The van der Waals surface area contributed by atoms with Gasteiger partial charge in [0.15, 0.2) is 0 Å². The molecule has 3 heteroatoms. The van der Waals surface area contributed by atoms with Gasteiger partial charge in [0.05, 0.1) is 0 Å². The molecule has 3 nitrogen and oxygen atoms in total. The number of hydrogen-bond donors (Lipinski definition) is 1. The fraction of sp³-hybridized carbons (Fsp3) is 1.00. The summed E-state index contributed by atoms with van der Waals surface area (Å²) in [6, 6.07) is 0.575. The molecule has 0 bridgehead atoms. The number of nitrogens with zero attached hydrogens (tertiary/aromatic N) is 2. The zero-order valence-electron chi connectivity index (χ0n) is 16.9. The van der Waals surface area contributed by atoms with Crippen molar-refractivity contribution in [1.29, 1.82) is 0 Å². The second kappa shape index (κ2) is 8.82. The van der Waals surface area contributed by atoms with Crippen molar-refractivity contribution in [3.63, 3.8) is 0 Å². The monoisotopic (exact) mass is 326 g/mol. The van der Waals surface area contributed by atoms with Crippen molar-refractivity contribution in [3.05, 3.63) is 0 Å². The van der Waals surface area contributed by atoms with Gasteiger partial charge < -0.3 is 5.21 Å². The van der Waals surface area contributed by atoms with E-state index in [4.69, 9.17) is 0 Å². The van der Waals surface area contributed by atoms with Crippen LogP contribution >= 0.6 is 0 Å². The largest absolute Gasteiger partial charge is 0.313 e. The molecule has 0 aromatic carbocycles. The number of piperidine rings is 1. The highest BCUT2D eigenvalue weighted by Gasteiger charge is 2.53. The van der Waals surface area contributed by atoms with E-state index >= 15 is 0 Å². The van der Waals surface area contributed by atoms with Gasteiger partial charge in [-0.15, -0.1) is 0 Å². The molecule has 1 fully saturated rings. The summed E-state index contributed by atoms with van der Waals surface area (Å²) in [7, 11) is 0. The zero-order valence-corrected chi connectivity index (χ0v) is 16.9. The van der Waals surface area contributed by atoms with Gasteiger partial charge in [-0.1, -0.05) is 47.5 Å². The van der Waals surface area contributed by atoms with Gasteiger partial charge in [-0.05, 0) is 65.0 Å². The molecule has 1 saturated heterocycles. The van der Waals surface area contributed by atoms with Crippen molar-refractivity contribution in [2.45, 2.75) is 111 Å². The molecule has 1 N–H and O–H groups in total. The van der Waals surface area contributed by atoms with Crippen LogP contribution in [0.1, 0.15) is 93.4 Å². The summed E-state index contributed by atoms with van der Waals surface area (Å²) in [5, 5.41) is 12.7. The van der Waals surface area contributed by atoms with Crippen molar-refractivity contribution >= 4 is 0 Å². The zero-order chi connectivity index (χ0) is 17.7. The van der Waals surface area contributed by atoms with E-state index in [0.717, 1.165) is 19.3 Å². The Morgan fingerprint density at radius 3 is 1.91 bits per heavy atom. The molecule has 4 atom stereocenters. The number of rotatable bonds is 9. The van der Waals surface area contributed by atoms with Gasteiger partial charge in [-0.2, -0.15) is 5.06 Å². The topological polar surface area (TPSA) is 26.7 Å². The molecule has 0 radical (unpaired) electrons. The average Bonchev–Trinajstić information content (AvgIpc) is 2.57. The smallest absolute Gasteiger partial charge is 0.0476 e. The van der Waals surface area contributed by atoms with Gasteiger partial charge in [0.2, 0.25) is 0 Å². The van der Waals surface area contributed by atoms with E-state index in [1.165, 1.54) is 38.8 Å². The molecule has 0 saturated carbocycles. The van der Waals surface area contributed by atoms with E-state index in [0.29, 0.717) is 12.0 Å². The van der Waals surface area contributed by atoms with Gasteiger partial charge in [0.1, 0.15) is 0 Å². The van der Waals surface area contributed by atoms with Gasteiger partial charge >= 0.3 is 0 Å². The molecule has 138 valence electrons. The Kier molecular flexibility index (Phi) is 8.03. The second-order valence-electron chi connectivity index (χ2n) is 8.18. The molecule has 0 spiro atoms. The molecule has 0 amide bonds. The van der Waals surface area contributed by atoms with Crippen LogP contribution < -0.4 is 0 Å². The molecule has 1 aliphatic heterocycles. The molecule has 0 aromatic heterocycles. The standard InChI is InChI=1S/C20H42N2O/c1-8-12-14-21(15-13-9-2)18-16-19(6,10-3)22(23)20(7,11-4)17(18)5/h17-18,23H,8-16H2,1-7H3. The Bertz CT molecular complexity index is 341. The lowest BCUT2D eigenvalue weighted by molar-refractivity contribution is -0.281. The number of hydrogen-bond acceptors (Lipinski definition) is 3. The highest BCUT2D eigenvalue weighted by molar-refractivity contribution is 5.06. The van der Waals surface area contributed by atoms with Gasteiger partial charge in [0, 0.05) is 17.1 Å². The van der Waals surface area contributed by atoms with E-state index in [9.17, 15) is 5.21 Å². The third kappa shape index (κ3) is 4.29. The molecule has 1 aliphatic rings. The minimum atomic E-state index is -0.135. The van der Waals surface area contributed by atoms with Crippen molar-refractivity contribution in [2.24, 2.45) is 5.92 Å². The van der Waals surface area contributed by atoms with Crippen LogP contribution in [0.3, 0.4) is 0 Å².